The summed E-state index contributed by atoms with van der Waals surface area (Å²) in [6.45, 7) is 2.34. The van der Waals surface area contributed by atoms with Gasteiger partial charge in [-0.1, -0.05) is 6.07 Å². The summed E-state index contributed by atoms with van der Waals surface area (Å²) in [5.74, 6) is -5.74. The van der Waals surface area contributed by atoms with E-state index in [-0.39, 0.29) is 17.2 Å². The van der Waals surface area contributed by atoms with Gasteiger partial charge in [0.15, 0.2) is 23.0 Å². The van der Waals surface area contributed by atoms with Crippen molar-refractivity contribution < 1.29 is 40.4 Å². The summed E-state index contributed by atoms with van der Waals surface area (Å²) in [6.07, 6.45) is -3.83. The smallest absolute Gasteiger partial charge is 0.435 e. The first-order valence-corrected chi connectivity index (χ1v) is 12.1. The third kappa shape index (κ3) is 5.70. The quantitative estimate of drug-likeness (QED) is 0.387. The van der Waals surface area contributed by atoms with Gasteiger partial charge in [-0.3, -0.25) is 4.79 Å². The van der Waals surface area contributed by atoms with Crippen molar-refractivity contribution in [2.45, 2.75) is 24.9 Å². The van der Waals surface area contributed by atoms with Gasteiger partial charge < -0.3 is 14.8 Å². The maximum Gasteiger partial charge on any atom is 0.435 e. The molecule has 1 heterocycles. The van der Waals surface area contributed by atoms with Crippen molar-refractivity contribution in [2.75, 3.05) is 18.2 Å². The lowest BCUT2D eigenvalue weighted by Crippen LogP contribution is -2.21. The van der Waals surface area contributed by atoms with E-state index in [1.807, 2.05) is 0 Å². The topological polar surface area (TPSA) is 114 Å². The van der Waals surface area contributed by atoms with Crippen LogP contribution >= 0.6 is 0 Å². The van der Waals surface area contributed by atoms with Gasteiger partial charge in [-0.05, 0) is 49.7 Å². The molecule has 0 aliphatic rings. The number of carbonyl (C=O) groups excluding carboxylic acids is 1. The standard InChI is InChI=1S/C22H19F5N4O4S/c1-4-34-18-14(23)8-9-15(17(18)24)35-21-16(11(2)19(30-31-21)22(25,26)27)20(32)29-12-6-5-7-13(10-12)36(3,28)33/h5-10,28H,4H2,1-3H3,(H,29,32). The third-order valence-corrected chi connectivity index (χ3v) is 5.88. The lowest BCUT2D eigenvalue weighted by molar-refractivity contribution is -0.142. The number of nitrogens with zero attached hydrogens (tertiary/aromatic N) is 2. The Morgan fingerprint density at radius 3 is 2.47 bits per heavy atom. The molecular weight excluding hydrogens is 511 g/mol. The maximum absolute atomic E-state index is 14.7. The number of benzene rings is 2. The van der Waals surface area contributed by atoms with Crippen molar-refractivity contribution in [3.63, 3.8) is 0 Å². The van der Waals surface area contributed by atoms with E-state index in [9.17, 15) is 31.0 Å². The van der Waals surface area contributed by atoms with E-state index in [2.05, 4.69) is 15.5 Å². The minimum absolute atomic E-state index is 0.0154. The van der Waals surface area contributed by atoms with E-state index >= 15 is 0 Å². The molecule has 2 N–H and O–H groups in total. The number of anilines is 1. The van der Waals surface area contributed by atoms with Gasteiger partial charge in [-0.15, -0.1) is 10.2 Å². The molecule has 1 amide bonds. The van der Waals surface area contributed by atoms with Crippen molar-refractivity contribution in [1.82, 2.24) is 10.2 Å². The van der Waals surface area contributed by atoms with Crippen LogP contribution in [-0.2, 0) is 15.9 Å². The van der Waals surface area contributed by atoms with Gasteiger partial charge in [0.2, 0.25) is 5.82 Å². The average Bonchev–Trinajstić information content (AvgIpc) is 2.77. The molecule has 3 rings (SSSR count). The predicted molar refractivity (Wildman–Crippen MR) is 119 cm³/mol. The Labute approximate surface area is 202 Å². The Morgan fingerprint density at radius 1 is 1.17 bits per heavy atom. The van der Waals surface area contributed by atoms with Gasteiger partial charge in [0.05, 0.1) is 16.3 Å². The summed E-state index contributed by atoms with van der Waals surface area (Å²) >= 11 is 0. The second-order valence-electron chi connectivity index (χ2n) is 7.40. The monoisotopic (exact) mass is 530 g/mol. The summed E-state index contributed by atoms with van der Waals surface area (Å²) in [5, 5.41) is 8.74. The Bertz CT molecular complexity index is 1430. The van der Waals surface area contributed by atoms with Crippen molar-refractivity contribution in [1.29, 1.82) is 4.78 Å². The van der Waals surface area contributed by atoms with Crippen LogP contribution in [0.1, 0.15) is 28.5 Å². The second kappa shape index (κ2) is 10.0. The first-order valence-electron chi connectivity index (χ1n) is 10.1. The predicted octanol–water partition coefficient (Wildman–Crippen LogP) is 5.56. The zero-order chi connectivity index (χ0) is 26.8. The first kappa shape index (κ1) is 26.8. The van der Waals surface area contributed by atoms with Crippen LogP contribution in [0.2, 0.25) is 0 Å². The molecule has 36 heavy (non-hydrogen) atoms. The van der Waals surface area contributed by atoms with Crippen LogP contribution in [0.3, 0.4) is 0 Å². The van der Waals surface area contributed by atoms with E-state index in [1.165, 1.54) is 31.2 Å². The van der Waals surface area contributed by atoms with Crippen LogP contribution in [0.25, 0.3) is 0 Å². The Kier molecular flexibility index (Phi) is 7.48. The Hall–Kier alpha value is -3.81. The normalized spacial score (nSPS) is 13.1. The molecule has 0 radical (unpaired) electrons. The highest BCUT2D eigenvalue weighted by Gasteiger charge is 2.38. The van der Waals surface area contributed by atoms with Gasteiger partial charge in [0, 0.05) is 16.8 Å². The molecule has 8 nitrogen and oxygen atoms in total. The van der Waals surface area contributed by atoms with Crippen LogP contribution in [0.5, 0.6) is 17.4 Å². The summed E-state index contributed by atoms with van der Waals surface area (Å²) in [7, 11) is -3.16. The number of ether oxygens (including phenoxy) is 2. The molecule has 0 aliphatic heterocycles. The summed E-state index contributed by atoms with van der Waals surface area (Å²) in [6, 6.07) is 7.00. The second-order valence-corrected chi connectivity index (χ2v) is 9.56. The summed E-state index contributed by atoms with van der Waals surface area (Å²) < 4.78 is 98.9. The molecule has 0 fully saturated rings. The largest absolute Gasteiger partial charge is 0.488 e. The van der Waals surface area contributed by atoms with Crippen LogP contribution < -0.4 is 14.8 Å². The molecule has 192 valence electrons. The zero-order valence-corrected chi connectivity index (χ0v) is 19.8. The van der Waals surface area contributed by atoms with Gasteiger partial charge in [-0.2, -0.15) is 17.6 Å². The maximum atomic E-state index is 14.7. The van der Waals surface area contributed by atoms with Crippen molar-refractivity contribution >= 4 is 21.3 Å². The Morgan fingerprint density at radius 2 is 1.86 bits per heavy atom. The molecule has 1 atom stereocenters. The molecule has 14 heteroatoms. The highest BCUT2D eigenvalue weighted by molar-refractivity contribution is 7.91. The molecule has 0 saturated carbocycles. The summed E-state index contributed by atoms with van der Waals surface area (Å²) in [4.78, 5) is 13.1. The van der Waals surface area contributed by atoms with Crippen LogP contribution in [0, 0.1) is 23.3 Å². The fraction of sp³-hybridized carbons (Fsp3) is 0.227. The van der Waals surface area contributed by atoms with Crippen molar-refractivity contribution in [2.24, 2.45) is 0 Å². The van der Waals surface area contributed by atoms with Gasteiger partial charge in [-0.25, -0.2) is 13.4 Å². The van der Waals surface area contributed by atoms with Crippen molar-refractivity contribution in [3.05, 3.63) is 64.9 Å². The average molecular weight is 530 g/mol. The van der Waals surface area contributed by atoms with E-state index in [0.29, 0.717) is 0 Å². The lowest BCUT2D eigenvalue weighted by Gasteiger charge is -2.17. The van der Waals surface area contributed by atoms with E-state index in [0.717, 1.165) is 25.3 Å². The molecule has 3 aromatic rings. The molecule has 1 unspecified atom stereocenters. The van der Waals surface area contributed by atoms with Crippen LogP contribution in [0.15, 0.2) is 41.3 Å². The number of halogens is 5. The minimum atomic E-state index is -4.98. The van der Waals surface area contributed by atoms with E-state index in [4.69, 9.17) is 14.3 Å². The number of hydrogen-bond donors (Lipinski definition) is 2. The molecule has 0 aliphatic carbocycles. The van der Waals surface area contributed by atoms with Gasteiger partial charge >= 0.3 is 6.18 Å². The zero-order valence-electron chi connectivity index (χ0n) is 19.0. The molecule has 0 saturated heterocycles. The number of alkyl halides is 3. The number of rotatable bonds is 7. The number of carbonyl (C=O) groups is 1. The Balaban J connectivity index is 2.10. The number of amides is 1. The fourth-order valence-corrected chi connectivity index (χ4v) is 3.78. The van der Waals surface area contributed by atoms with Gasteiger partial charge in [0.25, 0.3) is 11.8 Å². The summed E-state index contributed by atoms with van der Waals surface area (Å²) in [5.41, 5.74) is -2.87. The molecular formula is C22H19F5N4O4S. The lowest BCUT2D eigenvalue weighted by atomic mass is 10.1. The highest BCUT2D eigenvalue weighted by Crippen LogP contribution is 2.37. The number of aromatic nitrogens is 2. The van der Waals surface area contributed by atoms with Gasteiger partial charge in [0.1, 0.15) is 5.56 Å². The van der Waals surface area contributed by atoms with Crippen molar-refractivity contribution in [3.8, 4) is 17.4 Å². The number of nitrogens with one attached hydrogen (secondary N) is 2. The molecule has 0 bridgehead atoms. The van der Waals surface area contributed by atoms with Crippen LogP contribution in [-0.4, -0.2) is 33.2 Å². The molecule has 0 spiro atoms. The third-order valence-electron chi connectivity index (χ3n) is 4.73. The first-order chi connectivity index (χ1) is 16.7. The number of hydrogen-bond acceptors (Lipinski definition) is 7. The molecule has 2 aromatic carbocycles. The molecule has 1 aromatic heterocycles. The van der Waals surface area contributed by atoms with E-state index < -0.39 is 67.6 Å². The SMILES string of the molecule is CCOc1c(F)ccc(Oc2nnc(C(F)(F)F)c(C)c2C(=O)Nc2cccc(S(C)(=N)=O)c2)c1F. The fourth-order valence-electron chi connectivity index (χ4n) is 3.09. The van der Waals surface area contributed by atoms with E-state index in [1.54, 1.807) is 0 Å². The highest BCUT2D eigenvalue weighted by atomic mass is 32.2. The van der Waals surface area contributed by atoms with Crippen LogP contribution in [0.4, 0.5) is 27.6 Å². The minimum Gasteiger partial charge on any atom is -0.488 e.